The van der Waals surface area contributed by atoms with Gasteiger partial charge in [-0.15, -0.1) is 0 Å². The normalized spacial score (nSPS) is 12.2. The SMILES string of the molecule is CC(C)(C)c1cnc2ccnn2c1. The van der Waals surface area contributed by atoms with Crippen molar-refractivity contribution in [1.29, 1.82) is 0 Å². The average Bonchev–Trinajstić information content (AvgIpc) is 2.47. The molecular formula is C10H13N3. The Labute approximate surface area is 77.4 Å². The lowest BCUT2D eigenvalue weighted by atomic mass is 9.89. The molecule has 0 N–H and O–H groups in total. The minimum atomic E-state index is 0.132. The van der Waals surface area contributed by atoms with Crippen molar-refractivity contribution < 1.29 is 0 Å². The maximum absolute atomic E-state index is 4.31. The fraction of sp³-hybridized carbons (Fsp3) is 0.400. The van der Waals surface area contributed by atoms with Gasteiger partial charge >= 0.3 is 0 Å². The number of hydrogen-bond donors (Lipinski definition) is 0. The highest BCUT2D eigenvalue weighted by Gasteiger charge is 2.14. The van der Waals surface area contributed by atoms with Crippen molar-refractivity contribution in [3.8, 4) is 0 Å². The van der Waals surface area contributed by atoms with Crippen LogP contribution in [0, 0.1) is 0 Å². The summed E-state index contributed by atoms with van der Waals surface area (Å²) in [6.07, 6.45) is 5.70. The maximum Gasteiger partial charge on any atom is 0.154 e. The Bertz CT molecular complexity index is 423. The molecular weight excluding hydrogens is 162 g/mol. The fourth-order valence-electron chi connectivity index (χ4n) is 1.20. The topological polar surface area (TPSA) is 30.2 Å². The zero-order valence-electron chi connectivity index (χ0n) is 8.15. The molecule has 13 heavy (non-hydrogen) atoms. The van der Waals surface area contributed by atoms with Crippen LogP contribution in [0.3, 0.4) is 0 Å². The van der Waals surface area contributed by atoms with E-state index >= 15 is 0 Å². The molecule has 0 saturated heterocycles. The molecule has 2 aromatic rings. The van der Waals surface area contributed by atoms with E-state index in [1.165, 1.54) is 5.56 Å². The van der Waals surface area contributed by atoms with E-state index in [9.17, 15) is 0 Å². The Kier molecular flexibility index (Phi) is 1.62. The number of nitrogens with zero attached hydrogens (tertiary/aromatic N) is 3. The third-order valence-electron chi connectivity index (χ3n) is 2.11. The lowest BCUT2D eigenvalue weighted by Crippen LogP contribution is -2.12. The Morgan fingerprint density at radius 2 is 2.08 bits per heavy atom. The second-order valence-corrected chi connectivity index (χ2v) is 4.23. The molecule has 0 amide bonds. The van der Waals surface area contributed by atoms with Crippen LogP contribution >= 0.6 is 0 Å². The molecule has 0 saturated carbocycles. The Morgan fingerprint density at radius 3 is 2.77 bits per heavy atom. The van der Waals surface area contributed by atoms with Crippen molar-refractivity contribution in [2.75, 3.05) is 0 Å². The molecule has 3 heteroatoms. The van der Waals surface area contributed by atoms with E-state index in [2.05, 4.69) is 30.9 Å². The molecule has 0 radical (unpaired) electrons. The smallest absolute Gasteiger partial charge is 0.154 e. The molecule has 68 valence electrons. The number of rotatable bonds is 0. The quantitative estimate of drug-likeness (QED) is 0.613. The zero-order valence-corrected chi connectivity index (χ0v) is 8.15. The van der Waals surface area contributed by atoms with Gasteiger partial charge in [0.05, 0.1) is 6.20 Å². The minimum absolute atomic E-state index is 0.132. The first-order valence-electron chi connectivity index (χ1n) is 4.37. The Balaban J connectivity index is 2.61. The monoisotopic (exact) mass is 175 g/mol. The fourth-order valence-corrected chi connectivity index (χ4v) is 1.20. The molecule has 2 heterocycles. The van der Waals surface area contributed by atoms with Crippen LogP contribution in [0.15, 0.2) is 24.7 Å². The van der Waals surface area contributed by atoms with Crippen LogP contribution in [-0.4, -0.2) is 14.6 Å². The molecule has 3 nitrogen and oxygen atoms in total. The van der Waals surface area contributed by atoms with Crippen molar-refractivity contribution in [3.05, 3.63) is 30.2 Å². The lowest BCUT2D eigenvalue weighted by Gasteiger charge is -2.17. The van der Waals surface area contributed by atoms with Gasteiger partial charge in [-0.3, -0.25) is 0 Å². The summed E-state index contributed by atoms with van der Waals surface area (Å²) in [5.41, 5.74) is 2.23. The lowest BCUT2D eigenvalue weighted by molar-refractivity contribution is 0.581. The molecule has 0 bridgehead atoms. The van der Waals surface area contributed by atoms with Gasteiger partial charge in [0.25, 0.3) is 0 Å². The molecule has 2 aromatic heterocycles. The van der Waals surface area contributed by atoms with E-state index in [1.807, 2.05) is 18.5 Å². The molecule has 0 aliphatic heterocycles. The van der Waals surface area contributed by atoms with Crippen molar-refractivity contribution in [2.45, 2.75) is 26.2 Å². The van der Waals surface area contributed by atoms with Crippen LogP contribution in [0.4, 0.5) is 0 Å². The summed E-state index contributed by atoms with van der Waals surface area (Å²) in [5.74, 6) is 0. The van der Waals surface area contributed by atoms with Crippen LogP contribution in [0.25, 0.3) is 5.65 Å². The molecule has 0 atom stereocenters. The van der Waals surface area contributed by atoms with E-state index in [0.717, 1.165) is 5.65 Å². The maximum atomic E-state index is 4.31. The Morgan fingerprint density at radius 1 is 1.31 bits per heavy atom. The minimum Gasteiger partial charge on any atom is -0.237 e. The number of aromatic nitrogens is 3. The molecule has 0 aliphatic rings. The van der Waals surface area contributed by atoms with E-state index in [-0.39, 0.29) is 5.41 Å². The van der Waals surface area contributed by atoms with Crippen LogP contribution in [0.1, 0.15) is 26.3 Å². The van der Waals surface area contributed by atoms with Crippen LogP contribution in [0.5, 0.6) is 0 Å². The Hall–Kier alpha value is -1.38. The van der Waals surface area contributed by atoms with Gasteiger partial charge in [0, 0.05) is 18.5 Å². The first-order chi connectivity index (χ1) is 6.07. The number of hydrogen-bond acceptors (Lipinski definition) is 2. The molecule has 0 aromatic carbocycles. The van der Waals surface area contributed by atoms with Gasteiger partial charge in [0.15, 0.2) is 5.65 Å². The highest BCUT2D eigenvalue weighted by Crippen LogP contribution is 2.20. The molecule has 2 rings (SSSR count). The highest BCUT2D eigenvalue weighted by atomic mass is 15.2. The second-order valence-electron chi connectivity index (χ2n) is 4.23. The van der Waals surface area contributed by atoms with Crippen molar-refractivity contribution >= 4 is 5.65 Å². The number of fused-ring (bicyclic) bond motifs is 1. The van der Waals surface area contributed by atoms with Crippen molar-refractivity contribution in [1.82, 2.24) is 14.6 Å². The van der Waals surface area contributed by atoms with E-state index < -0.39 is 0 Å². The summed E-state index contributed by atoms with van der Waals surface area (Å²) in [4.78, 5) is 4.31. The standard InChI is InChI=1S/C10H13N3/c1-10(2,3)8-6-11-9-4-5-12-13(9)7-8/h4-7H,1-3H3. The van der Waals surface area contributed by atoms with Gasteiger partial charge in [-0.25, -0.2) is 9.50 Å². The predicted molar refractivity (Wildman–Crippen MR) is 51.7 cm³/mol. The van der Waals surface area contributed by atoms with Gasteiger partial charge in [0.2, 0.25) is 0 Å². The third-order valence-corrected chi connectivity index (χ3v) is 2.11. The molecule has 0 aliphatic carbocycles. The zero-order chi connectivity index (χ0) is 9.47. The van der Waals surface area contributed by atoms with E-state index in [0.29, 0.717) is 0 Å². The van der Waals surface area contributed by atoms with E-state index in [1.54, 1.807) is 10.7 Å². The van der Waals surface area contributed by atoms with Gasteiger partial charge in [0.1, 0.15) is 0 Å². The van der Waals surface area contributed by atoms with Crippen LogP contribution in [0.2, 0.25) is 0 Å². The summed E-state index contributed by atoms with van der Waals surface area (Å²) in [6, 6.07) is 1.90. The van der Waals surface area contributed by atoms with Gasteiger partial charge in [-0.2, -0.15) is 5.10 Å². The highest BCUT2D eigenvalue weighted by molar-refractivity contribution is 5.36. The van der Waals surface area contributed by atoms with Gasteiger partial charge < -0.3 is 0 Å². The van der Waals surface area contributed by atoms with Gasteiger partial charge in [-0.1, -0.05) is 20.8 Å². The van der Waals surface area contributed by atoms with Crippen molar-refractivity contribution in [3.63, 3.8) is 0 Å². The van der Waals surface area contributed by atoms with Gasteiger partial charge in [-0.05, 0) is 11.0 Å². The first kappa shape index (κ1) is 8.23. The predicted octanol–water partition coefficient (Wildman–Crippen LogP) is 2.03. The first-order valence-corrected chi connectivity index (χ1v) is 4.37. The second kappa shape index (κ2) is 2.55. The summed E-state index contributed by atoms with van der Waals surface area (Å²) in [5, 5.41) is 4.15. The molecule has 0 unspecified atom stereocenters. The summed E-state index contributed by atoms with van der Waals surface area (Å²) >= 11 is 0. The van der Waals surface area contributed by atoms with Crippen LogP contribution in [-0.2, 0) is 5.41 Å². The van der Waals surface area contributed by atoms with E-state index in [4.69, 9.17) is 0 Å². The largest absolute Gasteiger partial charge is 0.237 e. The molecule has 0 fully saturated rings. The molecule has 0 spiro atoms. The summed E-state index contributed by atoms with van der Waals surface area (Å²) in [7, 11) is 0. The average molecular weight is 175 g/mol. The summed E-state index contributed by atoms with van der Waals surface area (Å²) < 4.78 is 1.81. The van der Waals surface area contributed by atoms with Crippen molar-refractivity contribution in [2.24, 2.45) is 0 Å². The van der Waals surface area contributed by atoms with Crippen LogP contribution < -0.4 is 0 Å². The summed E-state index contributed by atoms with van der Waals surface area (Å²) in [6.45, 7) is 6.50. The third kappa shape index (κ3) is 1.41.